The number of benzene rings is 1. The molecule has 28 heavy (non-hydrogen) atoms. The van der Waals surface area contributed by atoms with Gasteiger partial charge in [-0.05, 0) is 30.3 Å². The maximum absolute atomic E-state index is 12.6. The second-order valence-electron chi connectivity index (χ2n) is 8.48. The van der Waals surface area contributed by atoms with Gasteiger partial charge >= 0.3 is 11.9 Å². The van der Waals surface area contributed by atoms with Crippen molar-refractivity contribution in [2.75, 3.05) is 7.11 Å². The van der Waals surface area contributed by atoms with Crippen molar-refractivity contribution in [2.45, 2.75) is 62.4 Å². The molecule has 2 rings (SSSR count). The predicted molar refractivity (Wildman–Crippen MR) is 115 cm³/mol. The van der Waals surface area contributed by atoms with E-state index in [2.05, 4.69) is 49.8 Å². The summed E-state index contributed by atoms with van der Waals surface area (Å²) in [5.74, 6) is -0.796. The lowest BCUT2D eigenvalue weighted by Gasteiger charge is -2.43. The molecule has 0 amide bonds. The van der Waals surface area contributed by atoms with Crippen molar-refractivity contribution in [3.63, 3.8) is 0 Å². The van der Waals surface area contributed by atoms with E-state index in [1.807, 2.05) is 6.07 Å². The van der Waals surface area contributed by atoms with Gasteiger partial charge in [-0.3, -0.25) is 0 Å². The second-order valence-corrected chi connectivity index (χ2v) is 14.3. The number of esters is 2. The number of alkyl halides is 1. The van der Waals surface area contributed by atoms with E-state index in [1.165, 1.54) is 7.11 Å². The molecule has 154 valence electrons. The number of ether oxygens (including phenoxy) is 2. The van der Waals surface area contributed by atoms with Crippen LogP contribution in [-0.4, -0.2) is 44.4 Å². The molecular formula is C21H29BrO5Si. The van der Waals surface area contributed by atoms with E-state index < -0.39 is 26.5 Å². The molecule has 0 bridgehead atoms. The summed E-state index contributed by atoms with van der Waals surface area (Å²) >= 11 is 3.57. The van der Waals surface area contributed by atoms with Crippen molar-refractivity contribution in [3.05, 3.63) is 47.5 Å². The first kappa shape index (κ1) is 22.8. The molecular weight excluding hydrogens is 440 g/mol. The van der Waals surface area contributed by atoms with Crippen LogP contribution < -0.4 is 0 Å². The molecule has 1 aliphatic rings. The molecule has 0 aliphatic heterocycles. The maximum Gasteiger partial charge on any atom is 0.338 e. The summed E-state index contributed by atoms with van der Waals surface area (Å²) < 4.78 is 17.3. The highest BCUT2D eigenvalue weighted by molar-refractivity contribution is 9.09. The van der Waals surface area contributed by atoms with Crippen LogP contribution in [0.4, 0.5) is 0 Å². The van der Waals surface area contributed by atoms with Crippen molar-refractivity contribution in [1.29, 1.82) is 0 Å². The van der Waals surface area contributed by atoms with E-state index in [4.69, 9.17) is 13.9 Å². The first-order valence-electron chi connectivity index (χ1n) is 9.33. The average Bonchev–Trinajstić information content (AvgIpc) is 2.62. The highest BCUT2D eigenvalue weighted by atomic mass is 79.9. The number of rotatable bonds is 5. The quantitative estimate of drug-likeness (QED) is 0.350. The normalized spacial score (nSPS) is 23.0. The molecule has 3 unspecified atom stereocenters. The van der Waals surface area contributed by atoms with Crippen LogP contribution in [0.15, 0.2) is 42.0 Å². The largest absolute Gasteiger partial charge is 0.466 e. The summed E-state index contributed by atoms with van der Waals surface area (Å²) in [6, 6.07) is 8.87. The summed E-state index contributed by atoms with van der Waals surface area (Å²) in [7, 11) is -0.801. The van der Waals surface area contributed by atoms with Crippen LogP contribution >= 0.6 is 15.9 Å². The smallest absolute Gasteiger partial charge is 0.338 e. The van der Waals surface area contributed by atoms with Gasteiger partial charge in [-0.15, -0.1) is 0 Å². The lowest BCUT2D eigenvalue weighted by molar-refractivity contribution is -0.136. The Balaban J connectivity index is 2.31. The zero-order chi connectivity index (χ0) is 21.1. The third-order valence-electron chi connectivity index (χ3n) is 5.41. The molecule has 0 fully saturated rings. The van der Waals surface area contributed by atoms with Gasteiger partial charge in [-0.1, -0.05) is 61.0 Å². The summed E-state index contributed by atoms with van der Waals surface area (Å²) in [6.07, 6.45) is 1.11. The fraction of sp³-hybridized carbons (Fsp3) is 0.524. The topological polar surface area (TPSA) is 61.8 Å². The molecule has 0 spiro atoms. The van der Waals surface area contributed by atoms with E-state index >= 15 is 0 Å². The van der Waals surface area contributed by atoms with E-state index in [-0.39, 0.29) is 15.8 Å². The summed E-state index contributed by atoms with van der Waals surface area (Å²) in [5, 5.41) is -0.0185. The highest BCUT2D eigenvalue weighted by Crippen LogP contribution is 2.40. The van der Waals surface area contributed by atoms with Gasteiger partial charge in [0.1, 0.15) is 6.10 Å². The Labute approximate surface area is 176 Å². The van der Waals surface area contributed by atoms with E-state index in [0.29, 0.717) is 17.6 Å². The van der Waals surface area contributed by atoms with Crippen LogP contribution in [0.5, 0.6) is 0 Å². The molecule has 7 heteroatoms. The second kappa shape index (κ2) is 8.92. The minimum Gasteiger partial charge on any atom is -0.466 e. The molecule has 0 N–H and O–H groups in total. The monoisotopic (exact) mass is 468 g/mol. The van der Waals surface area contributed by atoms with E-state index in [0.717, 1.165) is 0 Å². The van der Waals surface area contributed by atoms with Gasteiger partial charge in [0.2, 0.25) is 0 Å². The lowest BCUT2D eigenvalue weighted by atomic mass is 9.94. The van der Waals surface area contributed by atoms with Crippen molar-refractivity contribution >= 4 is 36.2 Å². The molecule has 0 saturated heterocycles. The number of hydrogen-bond acceptors (Lipinski definition) is 5. The summed E-state index contributed by atoms with van der Waals surface area (Å²) in [4.78, 5) is 24.4. The Morgan fingerprint density at radius 1 is 1.11 bits per heavy atom. The lowest BCUT2D eigenvalue weighted by Crippen LogP contribution is -2.51. The van der Waals surface area contributed by atoms with Gasteiger partial charge in [0.05, 0.1) is 23.6 Å². The molecule has 0 saturated carbocycles. The maximum atomic E-state index is 12.6. The Kier molecular flexibility index (Phi) is 7.28. The standard InChI is InChI=1S/C21H29BrO5Si/c1-21(2,3)28(5,6)27-17-13-15(19(23)25-4)12-16(22)18(17)26-20(24)14-10-8-7-9-11-14/h7-12,16-18H,13H2,1-6H3. The Bertz CT molecular complexity index is 739. The van der Waals surface area contributed by atoms with Crippen molar-refractivity contribution in [3.8, 4) is 0 Å². The number of hydrogen-bond donors (Lipinski definition) is 0. The predicted octanol–water partition coefficient (Wildman–Crippen LogP) is 4.87. The third-order valence-corrected chi connectivity index (χ3v) is 10.7. The number of carbonyl (C=O) groups is 2. The van der Waals surface area contributed by atoms with Crippen LogP contribution in [0.1, 0.15) is 37.6 Å². The van der Waals surface area contributed by atoms with E-state index in [1.54, 1.807) is 30.3 Å². The zero-order valence-electron chi connectivity index (χ0n) is 17.3. The van der Waals surface area contributed by atoms with Crippen LogP contribution in [0.25, 0.3) is 0 Å². The van der Waals surface area contributed by atoms with Gasteiger partial charge in [0, 0.05) is 12.0 Å². The van der Waals surface area contributed by atoms with E-state index in [9.17, 15) is 9.59 Å². The molecule has 1 aliphatic carbocycles. The van der Waals surface area contributed by atoms with Gasteiger partial charge in [0.25, 0.3) is 0 Å². The van der Waals surface area contributed by atoms with Crippen LogP contribution in [0.3, 0.4) is 0 Å². The van der Waals surface area contributed by atoms with Gasteiger partial charge in [-0.2, -0.15) is 0 Å². The minimum atomic E-state index is -2.16. The molecule has 5 nitrogen and oxygen atoms in total. The van der Waals surface area contributed by atoms with Gasteiger partial charge < -0.3 is 13.9 Å². The summed E-state index contributed by atoms with van der Waals surface area (Å²) in [6.45, 7) is 10.7. The van der Waals surface area contributed by atoms with Crippen molar-refractivity contribution in [2.24, 2.45) is 0 Å². The molecule has 0 aromatic heterocycles. The fourth-order valence-electron chi connectivity index (χ4n) is 2.75. The van der Waals surface area contributed by atoms with Crippen molar-refractivity contribution in [1.82, 2.24) is 0 Å². The SMILES string of the molecule is COC(=O)C1=CC(Br)C(OC(=O)c2ccccc2)C(O[Si](C)(C)C(C)(C)C)C1. The molecule has 1 aromatic rings. The molecule has 0 radical (unpaired) electrons. The third kappa shape index (κ3) is 5.33. The summed E-state index contributed by atoms with van der Waals surface area (Å²) in [5.41, 5.74) is 1.01. The Morgan fingerprint density at radius 3 is 2.25 bits per heavy atom. The average molecular weight is 469 g/mol. The Hall–Kier alpha value is -1.44. The number of carbonyl (C=O) groups excluding carboxylic acids is 2. The number of methoxy groups -OCH3 is 1. The molecule has 0 heterocycles. The number of halogens is 1. The fourth-order valence-corrected chi connectivity index (χ4v) is 4.84. The zero-order valence-corrected chi connectivity index (χ0v) is 19.9. The first-order chi connectivity index (χ1) is 13.0. The van der Waals surface area contributed by atoms with Crippen LogP contribution in [-0.2, 0) is 18.7 Å². The van der Waals surface area contributed by atoms with Crippen molar-refractivity contribution < 1.29 is 23.5 Å². The highest BCUT2D eigenvalue weighted by Gasteiger charge is 2.45. The molecule has 3 atom stereocenters. The first-order valence-corrected chi connectivity index (χ1v) is 13.2. The van der Waals surface area contributed by atoms with Gasteiger partial charge in [-0.25, -0.2) is 9.59 Å². The van der Waals surface area contributed by atoms with Gasteiger partial charge in [0.15, 0.2) is 8.32 Å². The van der Waals surface area contributed by atoms with Crippen LogP contribution in [0.2, 0.25) is 18.1 Å². The van der Waals surface area contributed by atoms with Crippen LogP contribution in [0, 0.1) is 0 Å². The Morgan fingerprint density at radius 2 is 1.71 bits per heavy atom. The minimum absolute atomic E-state index is 0.0185. The molecule has 1 aromatic carbocycles.